The summed E-state index contributed by atoms with van der Waals surface area (Å²) in [6.07, 6.45) is 0.781. The molecule has 0 unspecified atom stereocenters. The fraction of sp³-hybridized carbons (Fsp3) is 0.417. The van der Waals surface area contributed by atoms with Gasteiger partial charge in [0.2, 0.25) is 0 Å². The fourth-order valence-corrected chi connectivity index (χ4v) is 1.56. The zero-order valence-corrected chi connectivity index (χ0v) is 10.1. The van der Waals surface area contributed by atoms with E-state index in [9.17, 15) is 9.90 Å². The van der Waals surface area contributed by atoms with E-state index >= 15 is 0 Å². The van der Waals surface area contributed by atoms with Gasteiger partial charge in [0, 0.05) is 5.02 Å². The van der Waals surface area contributed by atoms with Gasteiger partial charge in [-0.3, -0.25) is 0 Å². The van der Waals surface area contributed by atoms with Crippen LogP contribution in [0.4, 0.5) is 0 Å². The maximum absolute atomic E-state index is 10.6. The lowest BCUT2D eigenvalue weighted by molar-refractivity contribution is -0.312. The molecule has 1 aromatic carbocycles. The highest BCUT2D eigenvalue weighted by Gasteiger charge is 2.09. The van der Waals surface area contributed by atoms with E-state index < -0.39 is 12.1 Å². The molecule has 1 atom stereocenters. The van der Waals surface area contributed by atoms with Crippen molar-refractivity contribution in [1.82, 2.24) is 0 Å². The van der Waals surface area contributed by atoms with E-state index in [1.807, 2.05) is 6.92 Å². The molecule has 4 heteroatoms. The van der Waals surface area contributed by atoms with Crippen LogP contribution < -0.4 is 9.84 Å². The molecule has 0 aliphatic carbocycles. The van der Waals surface area contributed by atoms with Gasteiger partial charge in [-0.15, -0.1) is 0 Å². The highest BCUT2D eigenvalue weighted by molar-refractivity contribution is 6.30. The van der Waals surface area contributed by atoms with Crippen molar-refractivity contribution >= 4 is 17.6 Å². The number of carbonyl (C=O) groups excluding carboxylic acids is 1. The van der Waals surface area contributed by atoms with Crippen LogP contribution >= 0.6 is 11.6 Å². The van der Waals surface area contributed by atoms with Crippen LogP contribution in [-0.2, 0) is 11.2 Å². The third kappa shape index (κ3) is 3.42. The van der Waals surface area contributed by atoms with Crippen LogP contribution in [0.1, 0.15) is 25.8 Å². The summed E-state index contributed by atoms with van der Waals surface area (Å²) in [6, 6.07) is 5.16. The summed E-state index contributed by atoms with van der Waals surface area (Å²) >= 11 is 5.87. The van der Waals surface area contributed by atoms with E-state index in [1.54, 1.807) is 18.2 Å². The van der Waals surface area contributed by atoms with Gasteiger partial charge in [0.05, 0.1) is 5.97 Å². The van der Waals surface area contributed by atoms with Crippen LogP contribution in [0.3, 0.4) is 0 Å². The summed E-state index contributed by atoms with van der Waals surface area (Å²) in [5, 5.41) is 11.2. The largest absolute Gasteiger partial charge is 0.546 e. The van der Waals surface area contributed by atoms with Gasteiger partial charge in [0.15, 0.2) is 0 Å². The monoisotopic (exact) mass is 241 g/mol. The Morgan fingerprint density at radius 1 is 1.56 bits per heavy atom. The number of carboxylic acids is 1. The topological polar surface area (TPSA) is 49.4 Å². The first kappa shape index (κ1) is 12.8. The van der Waals surface area contributed by atoms with E-state index in [4.69, 9.17) is 16.3 Å². The lowest BCUT2D eigenvalue weighted by Crippen LogP contribution is -2.37. The van der Waals surface area contributed by atoms with Crippen LogP contribution in [0, 0.1) is 0 Å². The number of hydrogen-bond donors (Lipinski definition) is 0. The SMILES string of the molecule is CCCc1cc(Cl)ccc1O[C@@H](C)C(=O)[O-]. The van der Waals surface area contributed by atoms with Crippen LogP contribution in [0.2, 0.25) is 5.02 Å². The predicted molar refractivity (Wildman–Crippen MR) is 60.5 cm³/mol. The Morgan fingerprint density at radius 3 is 2.81 bits per heavy atom. The second-order valence-corrected chi connectivity index (χ2v) is 4.02. The molecule has 3 nitrogen and oxygen atoms in total. The molecule has 1 rings (SSSR count). The quantitative estimate of drug-likeness (QED) is 0.790. The first-order valence-corrected chi connectivity index (χ1v) is 5.58. The van der Waals surface area contributed by atoms with Gasteiger partial charge in [-0.05, 0) is 37.1 Å². The summed E-state index contributed by atoms with van der Waals surface area (Å²) in [4.78, 5) is 10.6. The molecule has 0 bridgehead atoms. The molecule has 0 heterocycles. The number of aryl methyl sites for hydroxylation is 1. The third-order valence-corrected chi connectivity index (χ3v) is 2.41. The normalized spacial score (nSPS) is 12.2. The second-order valence-electron chi connectivity index (χ2n) is 3.58. The summed E-state index contributed by atoms with van der Waals surface area (Å²) in [6.45, 7) is 3.48. The molecule has 0 aliphatic rings. The molecule has 16 heavy (non-hydrogen) atoms. The van der Waals surface area contributed by atoms with Crippen molar-refractivity contribution in [2.45, 2.75) is 32.8 Å². The molecule has 1 aromatic rings. The van der Waals surface area contributed by atoms with Crippen molar-refractivity contribution in [3.63, 3.8) is 0 Å². The molecular formula is C12H14ClO3-. The Labute approximate surface area is 100.0 Å². The Kier molecular flexibility index (Phi) is 4.62. The lowest BCUT2D eigenvalue weighted by Gasteiger charge is -2.18. The van der Waals surface area contributed by atoms with Crippen LogP contribution in [0.25, 0.3) is 0 Å². The first-order chi connectivity index (χ1) is 7.54. The van der Waals surface area contributed by atoms with E-state index in [0.717, 1.165) is 18.4 Å². The van der Waals surface area contributed by atoms with Gasteiger partial charge in [-0.2, -0.15) is 0 Å². The number of ether oxygens (including phenoxy) is 1. The third-order valence-electron chi connectivity index (χ3n) is 2.18. The number of aliphatic carboxylic acids is 1. The number of carbonyl (C=O) groups is 1. The lowest BCUT2D eigenvalue weighted by atomic mass is 10.1. The van der Waals surface area contributed by atoms with Crippen molar-refractivity contribution in [2.75, 3.05) is 0 Å². The van der Waals surface area contributed by atoms with Crippen molar-refractivity contribution in [1.29, 1.82) is 0 Å². The van der Waals surface area contributed by atoms with Crippen molar-refractivity contribution in [3.8, 4) is 5.75 Å². The number of halogens is 1. The van der Waals surface area contributed by atoms with E-state index in [0.29, 0.717) is 10.8 Å². The standard InChI is InChI=1S/C12H15ClO3/c1-3-4-9-7-10(13)5-6-11(9)16-8(2)12(14)15/h5-8H,3-4H2,1-2H3,(H,14,15)/p-1/t8-/m0/s1. The summed E-state index contributed by atoms with van der Waals surface area (Å²) in [5.41, 5.74) is 0.920. The Hall–Kier alpha value is -1.22. The van der Waals surface area contributed by atoms with Gasteiger partial charge >= 0.3 is 0 Å². The number of benzene rings is 1. The molecular weight excluding hydrogens is 228 g/mol. The Balaban J connectivity index is 2.89. The minimum Gasteiger partial charge on any atom is -0.546 e. The summed E-state index contributed by atoms with van der Waals surface area (Å²) in [7, 11) is 0. The molecule has 0 N–H and O–H groups in total. The van der Waals surface area contributed by atoms with Crippen molar-refractivity contribution in [3.05, 3.63) is 28.8 Å². The van der Waals surface area contributed by atoms with Crippen LogP contribution in [0.15, 0.2) is 18.2 Å². The average Bonchev–Trinajstić information content (AvgIpc) is 2.22. The highest BCUT2D eigenvalue weighted by atomic mass is 35.5. The average molecular weight is 242 g/mol. The second kappa shape index (κ2) is 5.75. The molecule has 0 aliphatic heterocycles. The summed E-state index contributed by atoms with van der Waals surface area (Å²) in [5.74, 6) is -0.666. The molecule has 0 radical (unpaired) electrons. The molecule has 88 valence electrons. The van der Waals surface area contributed by atoms with Crippen molar-refractivity contribution < 1.29 is 14.6 Å². The van der Waals surface area contributed by atoms with Gasteiger partial charge in [0.25, 0.3) is 0 Å². The zero-order valence-electron chi connectivity index (χ0n) is 9.33. The minimum atomic E-state index is -1.22. The van der Waals surface area contributed by atoms with Crippen molar-refractivity contribution in [2.24, 2.45) is 0 Å². The molecule has 0 saturated heterocycles. The van der Waals surface area contributed by atoms with Crippen LogP contribution in [-0.4, -0.2) is 12.1 Å². The van der Waals surface area contributed by atoms with Gasteiger partial charge in [0.1, 0.15) is 11.9 Å². The minimum absolute atomic E-state index is 0.558. The smallest absolute Gasteiger partial charge is 0.135 e. The van der Waals surface area contributed by atoms with Gasteiger partial charge in [-0.25, -0.2) is 0 Å². The number of carboxylic acid groups (broad SMARTS) is 1. The van der Waals surface area contributed by atoms with E-state index in [2.05, 4.69) is 0 Å². The van der Waals surface area contributed by atoms with Gasteiger partial charge < -0.3 is 14.6 Å². The molecule has 0 spiro atoms. The number of rotatable bonds is 5. The Bertz CT molecular complexity index is 377. The zero-order chi connectivity index (χ0) is 12.1. The summed E-state index contributed by atoms with van der Waals surface area (Å²) < 4.78 is 5.29. The van der Waals surface area contributed by atoms with E-state index in [-0.39, 0.29) is 0 Å². The molecule has 0 amide bonds. The maximum Gasteiger partial charge on any atom is 0.135 e. The molecule has 0 fully saturated rings. The predicted octanol–water partition coefficient (Wildman–Crippen LogP) is 1.81. The molecule has 0 saturated carbocycles. The maximum atomic E-state index is 10.6. The van der Waals surface area contributed by atoms with Gasteiger partial charge in [-0.1, -0.05) is 24.9 Å². The number of hydrogen-bond acceptors (Lipinski definition) is 3. The Morgan fingerprint density at radius 2 is 2.25 bits per heavy atom. The first-order valence-electron chi connectivity index (χ1n) is 5.20. The van der Waals surface area contributed by atoms with Crippen LogP contribution in [0.5, 0.6) is 5.75 Å². The van der Waals surface area contributed by atoms with E-state index in [1.165, 1.54) is 6.92 Å². The molecule has 0 aromatic heterocycles. The highest BCUT2D eigenvalue weighted by Crippen LogP contribution is 2.25. The fourth-order valence-electron chi connectivity index (χ4n) is 1.37.